The second-order valence-corrected chi connectivity index (χ2v) is 4.77. The van der Waals surface area contributed by atoms with Crippen LogP contribution < -0.4 is 10.1 Å². The van der Waals surface area contributed by atoms with Gasteiger partial charge in [-0.25, -0.2) is 4.98 Å². The van der Waals surface area contributed by atoms with Crippen molar-refractivity contribution in [3.8, 4) is 5.88 Å². The molecule has 2 rings (SSSR count). The first kappa shape index (κ1) is 12.2. The highest BCUT2D eigenvalue weighted by atomic mass is 35.5. The Morgan fingerprint density at radius 3 is 2.88 bits per heavy atom. The smallest absolute Gasteiger partial charge is 0.213 e. The molecule has 2 aromatic heterocycles. The van der Waals surface area contributed by atoms with Gasteiger partial charge in [-0.05, 0) is 24.4 Å². The van der Waals surface area contributed by atoms with E-state index < -0.39 is 0 Å². The van der Waals surface area contributed by atoms with E-state index >= 15 is 0 Å². The molecule has 0 spiro atoms. The van der Waals surface area contributed by atoms with Gasteiger partial charge in [-0.3, -0.25) is 0 Å². The van der Waals surface area contributed by atoms with Crippen molar-refractivity contribution >= 4 is 28.6 Å². The number of hydrogen-bond acceptors (Lipinski definition) is 4. The van der Waals surface area contributed by atoms with Crippen LogP contribution >= 0.6 is 22.9 Å². The number of hydrogen-bond donors (Lipinski definition) is 1. The van der Waals surface area contributed by atoms with Crippen molar-refractivity contribution in [2.45, 2.75) is 13.5 Å². The normalized spacial score (nSPS) is 10.2. The molecule has 5 heteroatoms. The van der Waals surface area contributed by atoms with E-state index in [0.717, 1.165) is 15.6 Å². The number of thiophene rings is 1. The second-order valence-electron chi connectivity index (χ2n) is 3.36. The van der Waals surface area contributed by atoms with E-state index in [0.29, 0.717) is 19.0 Å². The molecule has 0 atom stereocenters. The van der Waals surface area contributed by atoms with Crippen molar-refractivity contribution < 1.29 is 4.74 Å². The van der Waals surface area contributed by atoms with E-state index in [9.17, 15) is 0 Å². The van der Waals surface area contributed by atoms with Gasteiger partial charge in [0.1, 0.15) is 0 Å². The molecule has 90 valence electrons. The van der Waals surface area contributed by atoms with E-state index in [-0.39, 0.29) is 0 Å². The lowest BCUT2D eigenvalue weighted by molar-refractivity contribution is 0.327. The highest BCUT2D eigenvalue weighted by Gasteiger charge is 2.01. The van der Waals surface area contributed by atoms with Crippen LogP contribution in [-0.2, 0) is 6.54 Å². The molecular formula is C12H13ClN2OS. The van der Waals surface area contributed by atoms with Crippen LogP contribution in [0.2, 0.25) is 5.02 Å². The highest BCUT2D eigenvalue weighted by molar-refractivity contribution is 7.10. The van der Waals surface area contributed by atoms with Crippen LogP contribution in [0.5, 0.6) is 5.88 Å². The van der Waals surface area contributed by atoms with Gasteiger partial charge >= 0.3 is 0 Å². The zero-order chi connectivity index (χ0) is 12.1. The first-order valence-electron chi connectivity index (χ1n) is 5.34. The van der Waals surface area contributed by atoms with Crippen molar-refractivity contribution in [1.82, 2.24) is 4.98 Å². The lowest BCUT2D eigenvalue weighted by Crippen LogP contribution is -1.99. The average Bonchev–Trinajstić information content (AvgIpc) is 2.75. The van der Waals surface area contributed by atoms with E-state index in [1.165, 1.54) is 0 Å². The van der Waals surface area contributed by atoms with Gasteiger partial charge in [0.05, 0.1) is 30.1 Å². The van der Waals surface area contributed by atoms with Crippen LogP contribution in [-0.4, -0.2) is 11.6 Å². The number of halogens is 1. The molecule has 0 aromatic carbocycles. The lowest BCUT2D eigenvalue weighted by Gasteiger charge is -2.06. The average molecular weight is 269 g/mol. The molecule has 0 saturated heterocycles. The topological polar surface area (TPSA) is 34.1 Å². The Balaban J connectivity index is 1.93. The SMILES string of the molecule is CCOc1ccc(NCc2sccc2Cl)cn1. The minimum Gasteiger partial charge on any atom is -0.478 e. The summed E-state index contributed by atoms with van der Waals surface area (Å²) in [5.74, 6) is 0.646. The lowest BCUT2D eigenvalue weighted by atomic mass is 10.4. The minimum absolute atomic E-state index is 0.630. The van der Waals surface area contributed by atoms with Crippen LogP contribution in [0.4, 0.5) is 5.69 Å². The molecule has 0 bridgehead atoms. The number of aromatic nitrogens is 1. The molecule has 0 fully saturated rings. The quantitative estimate of drug-likeness (QED) is 0.895. The summed E-state index contributed by atoms with van der Waals surface area (Å²) in [4.78, 5) is 5.30. The number of rotatable bonds is 5. The van der Waals surface area contributed by atoms with Crippen LogP contribution in [0, 0.1) is 0 Å². The summed E-state index contributed by atoms with van der Waals surface area (Å²) >= 11 is 7.65. The zero-order valence-electron chi connectivity index (χ0n) is 9.44. The minimum atomic E-state index is 0.630. The van der Waals surface area contributed by atoms with Crippen molar-refractivity contribution in [3.63, 3.8) is 0 Å². The highest BCUT2D eigenvalue weighted by Crippen LogP contribution is 2.23. The summed E-state index contributed by atoms with van der Waals surface area (Å²) in [5, 5.41) is 6.05. The molecule has 0 aliphatic carbocycles. The third-order valence-electron chi connectivity index (χ3n) is 2.17. The zero-order valence-corrected chi connectivity index (χ0v) is 11.0. The molecule has 2 aromatic rings. The molecule has 0 radical (unpaired) electrons. The maximum atomic E-state index is 6.01. The number of anilines is 1. The van der Waals surface area contributed by atoms with Gasteiger partial charge in [0, 0.05) is 10.9 Å². The summed E-state index contributed by atoms with van der Waals surface area (Å²) in [7, 11) is 0. The molecule has 17 heavy (non-hydrogen) atoms. The summed E-state index contributed by atoms with van der Waals surface area (Å²) < 4.78 is 5.27. The standard InChI is InChI=1S/C12H13ClN2OS/c1-2-16-12-4-3-9(7-15-12)14-8-11-10(13)5-6-17-11/h3-7,14H,2,8H2,1H3. The monoisotopic (exact) mass is 268 g/mol. The number of nitrogens with one attached hydrogen (secondary N) is 1. The Bertz CT molecular complexity index is 470. The molecule has 0 aliphatic rings. The van der Waals surface area contributed by atoms with Crippen LogP contribution in [0.1, 0.15) is 11.8 Å². The maximum absolute atomic E-state index is 6.01. The summed E-state index contributed by atoms with van der Waals surface area (Å²) in [6.07, 6.45) is 1.76. The van der Waals surface area contributed by atoms with Gasteiger partial charge in [-0.15, -0.1) is 11.3 Å². The molecular weight excluding hydrogens is 256 g/mol. The van der Waals surface area contributed by atoms with Gasteiger partial charge in [0.15, 0.2) is 0 Å². The number of ether oxygens (including phenoxy) is 1. The van der Waals surface area contributed by atoms with Crippen molar-refractivity contribution in [3.05, 3.63) is 39.7 Å². The fourth-order valence-corrected chi connectivity index (χ4v) is 2.39. The van der Waals surface area contributed by atoms with E-state index in [2.05, 4.69) is 10.3 Å². The fourth-order valence-electron chi connectivity index (χ4n) is 1.35. The molecule has 0 saturated carbocycles. The van der Waals surface area contributed by atoms with Gasteiger partial charge in [-0.1, -0.05) is 11.6 Å². The Morgan fingerprint density at radius 2 is 2.29 bits per heavy atom. The van der Waals surface area contributed by atoms with Gasteiger partial charge in [0.25, 0.3) is 0 Å². The van der Waals surface area contributed by atoms with Gasteiger partial charge in [-0.2, -0.15) is 0 Å². The third-order valence-corrected chi connectivity index (χ3v) is 3.56. The van der Waals surface area contributed by atoms with Crippen LogP contribution in [0.3, 0.4) is 0 Å². The predicted octanol–water partition coefficient (Wildman–Crippen LogP) is 3.81. The molecule has 0 aliphatic heterocycles. The first-order valence-corrected chi connectivity index (χ1v) is 6.60. The van der Waals surface area contributed by atoms with E-state index in [1.807, 2.05) is 30.5 Å². The Morgan fingerprint density at radius 1 is 1.41 bits per heavy atom. The number of nitrogens with zero attached hydrogens (tertiary/aromatic N) is 1. The summed E-state index contributed by atoms with van der Waals surface area (Å²) in [6.45, 7) is 3.28. The van der Waals surface area contributed by atoms with Crippen LogP contribution in [0.25, 0.3) is 0 Å². The van der Waals surface area contributed by atoms with Crippen molar-refractivity contribution in [2.75, 3.05) is 11.9 Å². The molecule has 0 amide bonds. The van der Waals surface area contributed by atoms with Crippen molar-refractivity contribution in [1.29, 1.82) is 0 Å². The molecule has 0 unspecified atom stereocenters. The Labute approximate surface area is 109 Å². The molecule has 1 N–H and O–H groups in total. The van der Waals surface area contributed by atoms with E-state index in [4.69, 9.17) is 16.3 Å². The van der Waals surface area contributed by atoms with Gasteiger partial charge in [0.2, 0.25) is 5.88 Å². The molecule has 3 nitrogen and oxygen atoms in total. The number of pyridine rings is 1. The fraction of sp³-hybridized carbons (Fsp3) is 0.250. The maximum Gasteiger partial charge on any atom is 0.213 e. The Hall–Kier alpha value is -1.26. The van der Waals surface area contributed by atoms with Crippen LogP contribution in [0.15, 0.2) is 29.8 Å². The molecule has 2 heterocycles. The summed E-state index contributed by atoms with van der Waals surface area (Å²) in [5.41, 5.74) is 0.956. The van der Waals surface area contributed by atoms with E-state index in [1.54, 1.807) is 17.5 Å². The Kier molecular flexibility index (Phi) is 4.23. The predicted molar refractivity (Wildman–Crippen MR) is 72.1 cm³/mol. The summed E-state index contributed by atoms with van der Waals surface area (Å²) in [6, 6.07) is 5.70. The van der Waals surface area contributed by atoms with Crippen molar-refractivity contribution in [2.24, 2.45) is 0 Å². The first-order chi connectivity index (χ1) is 8.29. The largest absolute Gasteiger partial charge is 0.478 e. The van der Waals surface area contributed by atoms with Gasteiger partial charge < -0.3 is 10.1 Å². The third kappa shape index (κ3) is 3.35. The second kappa shape index (κ2) is 5.89.